The third-order valence-electron chi connectivity index (χ3n) is 4.60. The molecule has 2 aromatic carbocycles. The predicted octanol–water partition coefficient (Wildman–Crippen LogP) is 3.92. The van der Waals surface area contributed by atoms with E-state index in [4.69, 9.17) is 4.74 Å². The summed E-state index contributed by atoms with van der Waals surface area (Å²) < 4.78 is 5.46. The van der Waals surface area contributed by atoms with E-state index in [2.05, 4.69) is 15.6 Å². The van der Waals surface area contributed by atoms with Crippen LogP contribution in [0.25, 0.3) is 10.6 Å². The van der Waals surface area contributed by atoms with Crippen LogP contribution in [0.15, 0.2) is 53.9 Å². The third kappa shape index (κ3) is 4.60. The first kappa shape index (κ1) is 19.9. The topological polar surface area (TPSA) is 83.6 Å². The molecule has 0 aliphatic carbocycles. The molecular weight excluding hydrogens is 400 g/mol. The molecule has 0 bridgehead atoms. The number of hydrogen-bond acceptors (Lipinski definition) is 5. The smallest absolute Gasteiger partial charge is 0.321 e. The second-order valence-corrected chi connectivity index (χ2v) is 7.62. The highest BCUT2D eigenvalue weighted by Crippen LogP contribution is 2.26. The highest BCUT2D eigenvalue weighted by molar-refractivity contribution is 7.13. The molecule has 4 rings (SSSR count). The number of urea groups is 1. The molecule has 1 aliphatic heterocycles. The zero-order chi connectivity index (χ0) is 20.9. The number of thiazole rings is 1. The summed E-state index contributed by atoms with van der Waals surface area (Å²) in [4.78, 5) is 30.6. The van der Waals surface area contributed by atoms with Gasteiger partial charge in [0.05, 0.1) is 18.7 Å². The first-order valence-electron chi connectivity index (χ1n) is 9.75. The number of amides is 3. The van der Waals surface area contributed by atoms with Gasteiger partial charge in [0.1, 0.15) is 10.8 Å². The molecule has 7 nitrogen and oxygen atoms in total. The summed E-state index contributed by atoms with van der Waals surface area (Å²) in [5, 5.41) is 8.43. The number of carbonyl (C=O) groups is 2. The number of rotatable bonds is 7. The van der Waals surface area contributed by atoms with Gasteiger partial charge in [-0.2, -0.15) is 0 Å². The van der Waals surface area contributed by atoms with E-state index in [9.17, 15) is 9.59 Å². The van der Waals surface area contributed by atoms with Gasteiger partial charge in [0, 0.05) is 35.4 Å². The average molecular weight is 423 g/mol. The quantitative estimate of drug-likeness (QED) is 0.605. The van der Waals surface area contributed by atoms with E-state index >= 15 is 0 Å². The third-order valence-corrected chi connectivity index (χ3v) is 5.54. The van der Waals surface area contributed by atoms with Gasteiger partial charge in [0.25, 0.3) is 0 Å². The number of anilines is 2. The van der Waals surface area contributed by atoms with Crippen LogP contribution in [0.1, 0.15) is 12.6 Å². The Morgan fingerprint density at radius 3 is 2.83 bits per heavy atom. The fraction of sp³-hybridized carbons (Fsp3) is 0.227. The van der Waals surface area contributed by atoms with E-state index in [1.807, 2.05) is 54.8 Å². The van der Waals surface area contributed by atoms with E-state index in [0.717, 1.165) is 27.7 Å². The molecule has 3 aromatic rings. The van der Waals surface area contributed by atoms with Crippen LogP contribution in [0.3, 0.4) is 0 Å². The van der Waals surface area contributed by atoms with Crippen molar-refractivity contribution in [3.05, 3.63) is 59.6 Å². The number of carbonyl (C=O) groups excluding carboxylic acids is 2. The Kier molecular flexibility index (Phi) is 5.94. The summed E-state index contributed by atoms with van der Waals surface area (Å²) in [5.41, 5.74) is 3.12. The normalized spacial score (nSPS) is 13.2. The van der Waals surface area contributed by atoms with Crippen LogP contribution in [-0.2, 0) is 11.2 Å². The van der Waals surface area contributed by atoms with Crippen LogP contribution in [0.2, 0.25) is 0 Å². The summed E-state index contributed by atoms with van der Waals surface area (Å²) in [6, 6.07) is 14.9. The molecule has 0 saturated carbocycles. The second kappa shape index (κ2) is 8.96. The van der Waals surface area contributed by atoms with Crippen molar-refractivity contribution in [1.82, 2.24) is 10.3 Å². The van der Waals surface area contributed by atoms with E-state index in [-0.39, 0.29) is 18.4 Å². The van der Waals surface area contributed by atoms with Gasteiger partial charge in [-0.25, -0.2) is 9.78 Å². The number of ether oxygens (including phenoxy) is 1. The molecule has 0 radical (unpaired) electrons. The van der Waals surface area contributed by atoms with Gasteiger partial charge < -0.3 is 15.4 Å². The van der Waals surface area contributed by atoms with Crippen molar-refractivity contribution in [1.29, 1.82) is 0 Å². The van der Waals surface area contributed by atoms with Gasteiger partial charge in [-0.3, -0.25) is 9.69 Å². The number of nitrogens with zero attached hydrogens (tertiary/aromatic N) is 2. The molecule has 1 aromatic heterocycles. The molecule has 2 heterocycles. The minimum absolute atomic E-state index is 0.122. The molecule has 0 atom stereocenters. The van der Waals surface area contributed by atoms with E-state index in [0.29, 0.717) is 25.4 Å². The Hall–Kier alpha value is -3.39. The van der Waals surface area contributed by atoms with Crippen LogP contribution >= 0.6 is 11.3 Å². The molecule has 2 N–H and O–H groups in total. The van der Waals surface area contributed by atoms with Crippen LogP contribution in [0, 0.1) is 0 Å². The van der Waals surface area contributed by atoms with E-state index < -0.39 is 0 Å². The Balaban J connectivity index is 1.38. The zero-order valence-electron chi connectivity index (χ0n) is 16.6. The standard InChI is InChI=1S/C22H22N4O3S/c1-2-29-19-8-6-15(7-9-19)21-25-17(14-30-21)13-20(27)24-16-4-3-5-18(12-16)26-11-10-23-22(26)28/h3-9,12,14H,2,10-11,13H2,1H3,(H,23,28)(H,24,27). The molecule has 1 fully saturated rings. The lowest BCUT2D eigenvalue weighted by Crippen LogP contribution is -2.27. The number of benzene rings is 2. The maximum absolute atomic E-state index is 12.5. The maximum Gasteiger partial charge on any atom is 0.321 e. The summed E-state index contributed by atoms with van der Waals surface area (Å²) in [6.07, 6.45) is 0.182. The van der Waals surface area contributed by atoms with Crippen molar-refractivity contribution < 1.29 is 14.3 Å². The first-order chi connectivity index (χ1) is 14.6. The monoisotopic (exact) mass is 422 g/mol. The summed E-state index contributed by atoms with van der Waals surface area (Å²) in [5.74, 6) is 0.674. The van der Waals surface area contributed by atoms with E-state index in [1.54, 1.807) is 11.0 Å². The van der Waals surface area contributed by atoms with Crippen molar-refractivity contribution in [3.8, 4) is 16.3 Å². The van der Waals surface area contributed by atoms with Crippen molar-refractivity contribution in [2.75, 3.05) is 29.9 Å². The molecular formula is C22H22N4O3S. The second-order valence-electron chi connectivity index (χ2n) is 6.76. The Labute approximate surface area is 178 Å². The van der Waals surface area contributed by atoms with Gasteiger partial charge in [-0.05, 0) is 49.4 Å². The van der Waals surface area contributed by atoms with Gasteiger partial charge in [0.15, 0.2) is 0 Å². The van der Waals surface area contributed by atoms with Crippen LogP contribution < -0.4 is 20.3 Å². The molecule has 0 spiro atoms. The van der Waals surface area contributed by atoms with Crippen molar-refractivity contribution in [2.24, 2.45) is 0 Å². The molecule has 1 saturated heterocycles. The molecule has 30 heavy (non-hydrogen) atoms. The van der Waals surface area contributed by atoms with Gasteiger partial charge in [-0.15, -0.1) is 11.3 Å². The SMILES string of the molecule is CCOc1ccc(-c2nc(CC(=O)Nc3cccc(N4CCNC4=O)c3)cs2)cc1. The van der Waals surface area contributed by atoms with Crippen LogP contribution in [0.5, 0.6) is 5.75 Å². The summed E-state index contributed by atoms with van der Waals surface area (Å²) in [7, 11) is 0. The Morgan fingerprint density at radius 1 is 1.27 bits per heavy atom. The highest BCUT2D eigenvalue weighted by atomic mass is 32.1. The Morgan fingerprint density at radius 2 is 2.10 bits per heavy atom. The van der Waals surface area contributed by atoms with Crippen molar-refractivity contribution in [2.45, 2.75) is 13.3 Å². The first-order valence-corrected chi connectivity index (χ1v) is 10.6. The fourth-order valence-electron chi connectivity index (χ4n) is 3.22. The fourth-order valence-corrected chi connectivity index (χ4v) is 4.05. The average Bonchev–Trinajstić information content (AvgIpc) is 3.38. The minimum atomic E-state index is -0.151. The zero-order valence-corrected chi connectivity index (χ0v) is 17.4. The lowest BCUT2D eigenvalue weighted by atomic mass is 10.2. The number of aromatic nitrogens is 1. The molecule has 8 heteroatoms. The lowest BCUT2D eigenvalue weighted by Gasteiger charge is -2.15. The number of hydrogen-bond donors (Lipinski definition) is 2. The lowest BCUT2D eigenvalue weighted by molar-refractivity contribution is -0.115. The summed E-state index contributed by atoms with van der Waals surface area (Å²) >= 11 is 1.51. The molecule has 0 unspecified atom stereocenters. The summed E-state index contributed by atoms with van der Waals surface area (Å²) in [6.45, 7) is 3.81. The van der Waals surface area contributed by atoms with Gasteiger partial charge in [0.2, 0.25) is 5.91 Å². The minimum Gasteiger partial charge on any atom is -0.494 e. The number of nitrogens with one attached hydrogen (secondary N) is 2. The largest absolute Gasteiger partial charge is 0.494 e. The molecule has 1 aliphatic rings. The van der Waals surface area contributed by atoms with Crippen LogP contribution in [0.4, 0.5) is 16.2 Å². The molecule has 3 amide bonds. The Bertz CT molecular complexity index is 1050. The maximum atomic E-state index is 12.5. The van der Waals surface area contributed by atoms with Crippen molar-refractivity contribution in [3.63, 3.8) is 0 Å². The molecule has 154 valence electrons. The van der Waals surface area contributed by atoms with Gasteiger partial charge in [-0.1, -0.05) is 6.07 Å². The van der Waals surface area contributed by atoms with Crippen LogP contribution in [-0.4, -0.2) is 36.6 Å². The van der Waals surface area contributed by atoms with Crippen molar-refractivity contribution >= 4 is 34.6 Å². The van der Waals surface area contributed by atoms with E-state index in [1.165, 1.54) is 11.3 Å². The predicted molar refractivity (Wildman–Crippen MR) is 118 cm³/mol. The van der Waals surface area contributed by atoms with Gasteiger partial charge >= 0.3 is 6.03 Å². The highest BCUT2D eigenvalue weighted by Gasteiger charge is 2.21.